The van der Waals surface area contributed by atoms with Crippen LogP contribution in [0, 0.1) is 0 Å². The fourth-order valence-corrected chi connectivity index (χ4v) is 1.01. The van der Waals surface area contributed by atoms with E-state index in [0.29, 0.717) is 12.5 Å². The van der Waals surface area contributed by atoms with Crippen LogP contribution in [-0.2, 0) is 4.79 Å². The Morgan fingerprint density at radius 2 is 1.88 bits per heavy atom. The minimum atomic E-state index is -0.158. The zero-order valence-corrected chi connectivity index (χ0v) is 10.1. The van der Waals surface area contributed by atoms with Crippen molar-refractivity contribution in [2.45, 2.75) is 6.92 Å². The van der Waals surface area contributed by atoms with Crippen LogP contribution in [0.5, 0.6) is 6.01 Å². The molecule has 0 aliphatic heterocycles. The molecule has 17 heavy (non-hydrogen) atoms. The molecule has 1 aromatic heterocycles. The number of rotatable bonds is 6. The number of hydrogen-bond acceptors (Lipinski definition) is 7. The van der Waals surface area contributed by atoms with Gasteiger partial charge >= 0.3 is 6.01 Å². The van der Waals surface area contributed by atoms with Crippen molar-refractivity contribution in [3.05, 3.63) is 0 Å². The lowest BCUT2D eigenvalue weighted by atomic mass is 10.6. The maximum absolute atomic E-state index is 11.1. The minimum Gasteiger partial charge on any atom is -0.467 e. The molecular formula is C9H16N6O2. The molecule has 0 saturated carbocycles. The van der Waals surface area contributed by atoms with Crippen molar-refractivity contribution in [1.82, 2.24) is 20.3 Å². The summed E-state index contributed by atoms with van der Waals surface area (Å²) in [5, 5.41) is 8.20. The number of anilines is 2. The SMILES string of the molecule is CCNc1nc(NCC(=O)NC)nc(OC)n1. The molecule has 0 unspecified atom stereocenters. The number of likely N-dealkylation sites (N-methyl/N-ethyl adjacent to an activating group) is 1. The molecule has 0 aromatic carbocycles. The Morgan fingerprint density at radius 1 is 1.24 bits per heavy atom. The number of nitrogens with zero attached hydrogens (tertiary/aromatic N) is 3. The van der Waals surface area contributed by atoms with Crippen LogP contribution in [0.15, 0.2) is 0 Å². The monoisotopic (exact) mass is 240 g/mol. The van der Waals surface area contributed by atoms with E-state index in [1.165, 1.54) is 7.11 Å². The van der Waals surface area contributed by atoms with Gasteiger partial charge in [0.25, 0.3) is 0 Å². The predicted molar refractivity (Wildman–Crippen MR) is 63.1 cm³/mol. The summed E-state index contributed by atoms with van der Waals surface area (Å²) in [5.74, 6) is 0.532. The molecule has 0 atom stereocenters. The number of aromatic nitrogens is 3. The lowest BCUT2D eigenvalue weighted by Crippen LogP contribution is -2.27. The van der Waals surface area contributed by atoms with Crippen molar-refractivity contribution < 1.29 is 9.53 Å². The second-order valence-electron chi connectivity index (χ2n) is 3.03. The first-order chi connectivity index (χ1) is 8.19. The Labute approximate surface area is 99.2 Å². The average molecular weight is 240 g/mol. The highest BCUT2D eigenvalue weighted by Gasteiger charge is 2.06. The van der Waals surface area contributed by atoms with E-state index >= 15 is 0 Å². The molecule has 0 radical (unpaired) electrons. The molecule has 8 nitrogen and oxygen atoms in total. The summed E-state index contributed by atoms with van der Waals surface area (Å²) in [6.45, 7) is 2.70. The van der Waals surface area contributed by atoms with E-state index in [0.717, 1.165) is 0 Å². The zero-order chi connectivity index (χ0) is 12.7. The number of carbonyl (C=O) groups is 1. The van der Waals surface area contributed by atoms with E-state index in [4.69, 9.17) is 4.74 Å². The Kier molecular flexibility index (Phi) is 4.92. The van der Waals surface area contributed by atoms with Crippen molar-refractivity contribution in [2.24, 2.45) is 0 Å². The molecule has 1 amide bonds. The van der Waals surface area contributed by atoms with Gasteiger partial charge in [-0.25, -0.2) is 0 Å². The number of hydrogen-bond donors (Lipinski definition) is 3. The Morgan fingerprint density at radius 3 is 2.41 bits per heavy atom. The fraction of sp³-hybridized carbons (Fsp3) is 0.556. The molecule has 0 bridgehead atoms. The van der Waals surface area contributed by atoms with E-state index < -0.39 is 0 Å². The number of carbonyl (C=O) groups excluding carboxylic acids is 1. The zero-order valence-electron chi connectivity index (χ0n) is 10.1. The highest BCUT2D eigenvalue weighted by molar-refractivity contribution is 5.79. The molecule has 1 rings (SSSR count). The highest BCUT2D eigenvalue weighted by Crippen LogP contribution is 2.09. The quantitative estimate of drug-likeness (QED) is 0.614. The first-order valence-electron chi connectivity index (χ1n) is 5.18. The summed E-state index contributed by atoms with van der Waals surface area (Å²) in [5.41, 5.74) is 0. The van der Waals surface area contributed by atoms with Gasteiger partial charge in [0.15, 0.2) is 0 Å². The molecule has 0 fully saturated rings. The van der Waals surface area contributed by atoms with Gasteiger partial charge in [-0.05, 0) is 6.92 Å². The number of amides is 1. The van der Waals surface area contributed by atoms with Crippen LogP contribution < -0.4 is 20.7 Å². The maximum Gasteiger partial charge on any atom is 0.322 e. The van der Waals surface area contributed by atoms with E-state index in [-0.39, 0.29) is 24.4 Å². The smallest absolute Gasteiger partial charge is 0.322 e. The third kappa shape index (κ3) is 4.09. The largest absolute Gasteiger partial charge is 0.467 e. The lowest BCUT2D eigenvalue weighted by Gasteiger charge is -2.07. The topological polar surface area (TPSA) is 101 Å². The Bertz CT molecular complexity index is 384. The van der Waals surface area contributed by atoms with Crippen molar-refractivity contribution in [3.63, 3.8) is 0 Å². The highest BCUT2D eigenvalue weighted by atomic mass is 16.5. The van der Waals surface area contributed by atoms with Crippen molar-refractivity contribution in [3.8, 4) is 6.01 Å². The summed E-state index contributed by atoms with van der Waals surface area (Å²) >= 11 is 0. The molecule has 8 heteroatoms. The van der Waals surface area contributed by atoms with E-state index in [1.54, 1.807) is 7.05 Å². The van der Waals surface area contributed by atoms with Gasteiger partial charge in [0.1, 0.15) is 0 Å². The summed E-state index contributed by atoms with van der Waals surface area (Å²) in [4.78, 5) is 23.1. The van der Waals surface area contributed by atoms with Crippen LogP contribution in [-0.4, -0.2) is 48.1 Å². The van der Waals surface area contributed by atoms with Gasteiger partial charge in [-0.3, -0.25) is 4.79 Å². The first kappa shape index (κ1) is 12.9. The van der Waals surface area contributed by atoms with Gasteiger partial charge in [-0.2, -0.15) is 15.0 Å². The van der Waals surface area contributed by atoms with Crippen LogP contribution in [0.1, 0.15) is 6.92 Å². The van der Waals surface area contributed by atoms with Crippen molar-refractivity contribution in [2.75, 3.05) is 37.9 Å². The number of nitrogens with one attached hydrogen (secondary N) is 3. The normalized spacial score (nSPS) is 9.59. The van der Waals surface area contributed by atoms with E-state index in [9.17, 15) is 4.79 Å². The Balaban J connectivity index is 2.75. The maximum atomic E-state index is 11.1. The molecule has 0 aliphatic carbocycles. The van der Waals surface area contributed by atoms with Crippen LogP contribution in [0.3, 0.4) is 0 Å². The van der Waals surface area contributed by atoms with Crippen LogP contribution in [0.25, 0.3) is 0 Å². The summed E-state index contributed by atoms with van der Waals surface area (Å²) in [7, 11) is 3.02. The van der Waals surface area contributed by atoms with Crippen molar-refractivity contribution in [1.29, 1.82) is 0 Å². The second-order valence-corrected chi connectivity index (χ2v) is 3.03. The molecule has 0 saturated heterocycles. The standard InChI is InChI=1S/C9H16N6O2/c1-4-11-7-13-8(12-5-6(16)10-2)15-9(14-7)17-3/h4-5H2,1-3H3,(H,10,16)(H2,11,12,13,14,15). The average Bonchev–Trinajstić information content (AvgIpc) is 2.36. The van der Waals surface area contributed by atoms with Gasteiger partial charge in [0.2, 0.25) is 17.8 Å². The molecule has 0 spiro atoms. The van der Waals surface area contributed by atoms with Gasteiger partial charge < -0.3 is 20.7 Å². The molecule has 1 aromatic rings. The van der Waals surface area contributed by atoms with Crippen molar-refractivity contribution >= 4 is 17.8 Å². The van der Waals surface area contributed by atoms with E-state index in [1.807, 2.05) is 6.92 Å². The lowest BCUT2D eigenvalue weighted by molar-refractivity contribution is -0.118. The molecule has 94 valence electrons. The first-order valence-corrected chi connectivity index (χ1v) is 5.18. The summed E-state index contributed by atoms with van der Waals surface area (Å²) < 4.78 is 4.93. The molecule has 3 N–H and O–H groups in total. The van der Waals surface area contributed by atoms with Crippen LogP contribution in [0.2, 0.25) is 0 Å². The number of methoxy groups -OCH3 is 1. The Hall–Kier alpha value is -2.12. The molecular weight excluding hydrogens is 224 g/mol. The van der Waals surface area contributed by atoms with Crippen LogP contribution >= 0.6 is 0 Å². The summed E-state index contributed by atoms with van der Waals surface area (Å²) in [6, 6.07) is 0.190. The van der Waals surface area contributed by atoms with Crippen LogP contribution in [0.4, 0.5) is 11.9 Å². The van der Waals surface area contributed by atoms with E-state index in [2.05, 4.69) is 30.9 Å². The molecule has 0 aliphatic rings. The molecule has 1 heterocycles. The number of ether oxygens (including phenoxy) is 1. The summed E-state index contributed by atoms with van der Waals surface area (Å²) in [6.07, 6.45) is 0. The van der Waals surface area contributed by atoms with Gasteiger partial charge in [-0.15, -0.1) is 0 Å². The van der Waals surface area contributed by atoms with Gasteiger partial charge in [0, 0.05) is 13.6 Å². The fourth-order valence-electron chi connectivity index (χ4n) is 1.01. The second kappa shape index (κ2) is 6.46. The third-order valence-corrected chi connectivity index (χ3v) is 1.82. The van der Waals surface area contributed by atoms with Gasteiger partial charge in [-0.1, -0.05) is 0 Å². The third-order valence-electron chi connectivity index (χ3n) is 1.82. The van der Waals surface area contributed by atoms with Gasteiger partial charge in [0.05, 0.1) is 13.7 Å². The minimum absolute atomic E-state index is 0.0925. The predicted octanol–water partition coefficient (Wildman–Crippen LogP) is -0.530.